The van der Waals surface area contributed by atoms with Gasteiger partial charge in [0.05, 0.1) is 5.02 Å². The summed E-state index contributed by atoms with van der Waals surface area (Å²) in [6, 6.07) is 2.50. The highest BCUT2D eigenvalue weighted by Crippen LogP contribution is 2.33. The third-order valence-electron chi connectivity index (χ3n) is 2.84. The zero-order chi connectivity index (χ0) is 14.8. The molecule has 7 heteroatoms. The molecule has 2 N–H and O–H groups in total. The zero-order valence-corrected chi connectivity index (χ0v) is 13.0. The molecule has 1 atom stereocenters. The zero-order valence-electron chi connectivity index (χ0n) is 10.7. The van der Waals surface area contributed by atoms with E-state index in [2.05, 4.69) is 0 Å². The summed E-state index contributed by atoms with van der Waals surface area (Å²) in [5, 5.41) is 0.205. The molecule has 0 heterocycles. The van der Waals surface area contributed by atoms with Crippen LogP contribution < -0.4 is 5.73 Å². The maximum Gasteiger partial charge on any atom is 0.147 e. The maximum atomic E-state index is 13.5. The van der Waals surface area contributed by atoms with Crippen molar-refractivity contribution in [1.82, 2.24) is 0 Å². The highest BCUT2D eigenvalue weighted by Gasteiger charge is 2.25. The Morgan fingerprint density at radius 1 is 1.32 bits per heavy atom. The summed E-state index contributed by atoms with van der Waals surface area (Å²) in [4.78, 5) is 0. The van der Waals surface area contributed by atoms with Crippen LogP contribution in [-0.2, 0) is 15.4 Å². The van der Waals surface area contributed by atoms with Crippen molar-refractivity contribution in [1.29, 1.82) is 0 Å². The fourth-order valence-electron chi connectivity index (χ4n) is 1.80. The van der Waals surface area contributed by atoms with Crippen LogP contribution in [-0.4, -0.2) is 20.4 Å². The first kappa shape index (κ1) is 16.7. The van der Waals surface area contributed by atoms with Gasteiger partial charge in [-0.3, -0.25) is 0 Å². The molecule has 108 valence electrons. The largest absolute Gasteiger partial charge is 0.322 e. The first-order valence-electron chi connectivity index (χ1n) is 5.64. The van der Waals surface area contributed by atoms with E-state index in [1.54, 1.807) is 6.92 Å². The molecular weight excluding hydrogens is 312 g/mol. The molecule has 1 rings (SSSR count). The van der Waals surface area contributed by atoms with Gasteiger partial charge in [-0.15, -0.1) is 0 Å². The SMILES string of the molecule is CC(N)(CCCS(C)(=O)=O)c1cc(F)c(Cl)cc1Cl. The van der Waals surface area contributed by atoms with Crippen LogP contribution in [0.2, 0.25) is 10.0 Å². The molecule has 1 aromatic rings. The molecule has 1 aromatic carbocycles. The van der Waals surface area contributed by atoms with Gasteiger partial charge in [-0.05, 0) is 37.5 Å². The second-order valence-corrected chi connectivity index (χ2v) is 7.97. The van der Waals surface area contributed by atoms with Crippen LogP contribution in [0, 0.1) is 5.82 Å². The number of benzene rings is 1. The van der Waals surface area contributed by atoms with Crippen molar-refractivity contribution in [2.45, 2.75) is 25.3 Å². The molecule has 3 nitrogen and oxygen atoms in total. The minimum atomic E-state index is -3.04. The Morgan fingerprint density at radius 2 is 1.89 bits per heavy atom. The predicted octanol–water partition coefficient (Wildman–Crippen LogP) is 3.13. The summed E-state index contributed by atoms with van der Waals surface area (Å²) >= 11 is 11.6. The van der Waals surface area contributed by atoms with Crippen LogP contribution in [0.3, 0.4) is 0 Å². The van der Waals surface area contributed by atoms with Crippen LogP contribution in [0.1, 0.15) is 25.3 Å². The summed E-state index contributed by atoms with van der Waals surface area (Å²) in [6.45, 7) is 1.68. The summed E-state index contributed by atoms with van der Waals surface area (Å²) in [6.07, 6.45) is 1.92. The first-order chi connectivity index (χ1) is 8.53. The molecule has 0 fully saturated rings. The van der Waals surface area contributed by atoms with Crippen molar-refractivity contribution in [3.8, 4) is 0 Å². The lowest BCUT2D eigenvalue weighted by Gasteiger charge is -2.26. The van der Waals surface area contributed by atoms with E-state index in [9.17, 15) is 12.8 Å². The lowest BCUT2D eigenvalue weighted by atomic mass is 9.88. The van der Waals surface area contributed by atoms with Gasteiger partial charge in [0.2, 0.25) is 0 Å². The molecule has 1 unspecified atom stereocenters. The summed E-state index contributed by atoms with van der Waals surface area (Å²) in [7, 11) is -3.04. The molecule has 0 aromatic heterocycles. The molecule has 0 aliphatic heterocycles. The Hall–Kier alpha value is -0.360. The predicted molar refractivity (Wildman–Crippen MR) is 76.9 cm³/mol. The van der Waals surface area contributed by atoms with Gasteiger partial charge in [0.25, 0.3) is 0 Å². The molecule has 0 aliphatic rings. The van der Waals surface area contributed by atoms with Gasteiger partial charge in [-0.1, -0.05) is 23.2 Å². The van der Waals surface area contributed by atoms with Gasteiger partial charge < -0.3 is 5.73 Å². The van der Waals surface area contributed by atoms with Gasteiger partial charge in [0, 0.05) is 22.6 Å². The Morgan fingerprint density at radius 3 is 2.42 bits per heavy atom. The molecule has 0 aliphatic carbocycles. The molecule has 0 spiro atoms. The minimum absolute atomic E-state index is 0.0352. The molecule has 0 saturated carbocycles. The van der Waals surface area contributed by atoms with Crippen LogP contribution >= 0.6 is 23.2 Å². The fourth-order valence-corrected chi connectivity index (χ4v) is 3.06. The van der Waals surface area contributed by atoms with E-state index < -0.39 is 21.2 Å². The molecular formula is C12H16Cl2FNO2S. The van der Waals surface area contributed by atoms with Crippen molar-refractivity contribution in [3.63, 3.8) is 0 Å². The highest BCUT2D eigenvalue weighted by molar-refractivity contribution is 7.90. The van der Waals surface area contributed by atoms with Crippen LogP contribution in [0.4, 0.5) is 4.39 Å². The third-order valence-corrected chi connectivity index (χ3v) is 4.47. The van der Waals surface area contributed by atoms with Crippen LogP contribution in [0.25, 0.3) is 0 Å². The lowest BCUT2D eigenvalue weighted by Crippen LogP contribution is -2.34. The van der Waals surface area contributed by atoms with Gasteiger partial charge >= 0.3 is 0 Å². The van der Waals surface area contributed by atoms with Crippen LogP contribution in [0.5, 0.6) is 0 Å². The normalized spacial score (nSPS) is 15.3. The number of nitrogens with two attached hydrogens (primary N) is 1. The Kier molecular flexibility index (Phi) is 5.23. The van der Waals surface area contributed by atoms with Gasteiger partial charge in [0.15, 0.2) is 0 Å². The van der Waals surface area contributed by atoms with Gasteiger partial charge in [0.1, 0.15) is 15.7 Å². The Labute approximate surface area is 122 Å². The van der Waals surface area contributed by atoms with Crippen molar-refractivity contribution in [2.75, 3.05) is 12.0 Å². The lowest BCUT2D eigenvalue weighted by molar-refractivity contribution is 0.443. The van der Waals surface area contributed by atoms with Crippen molar-refractivity contribution in [3.05, 3.63) is 33.6 Å². The number of halogens is 3. The molecule has 0 amide bonds. The number of rotatable bonds is 5. The average Bonchev–Trinajstić information content (AvgIpc) is 2.20. The van der Waals surface area contributed by atoms with E-state index >= 15 is 0 Å². The average molecular weight is 328 g/mol. The molecule has 0 saturated heterocycles. The number of hydrogen-bond donors (Lipinski definition) is 1. The topological polar surface area (TPSA) is 60.2 Å². The standard InChI is InChI=1S/C12H16Cl2FNO2S/c1-12(16,4-3-5-19(2,17)18)8-6-11(15)10(14)7-9(8)13/h6-7H,3-5,16H2,1-2H3. The first-order valence-corrected chi connectivity index (χ1v) is 8.46. The van der Waals surface area contributed by atoms with E-state index in [-0.39, 0.29) is 15.8 Å². The smallest absolute Gasteiger partial charge is 0.147 e. The summed E-state index contributed by atoms with van der Waals surface area (Å²) in [5.41, 5.74) is 5.61. The highest BCUT2D eigenvalue weighted by atomic mass is 35.5. The van der Waals surface area contributed by atoms with E-state index in [1.807, 2.05) is 0 Å². The second-order valence-electron chi connectivity index (χ2n) is 4.90. The molecule has 19 heavy (non-hydrogen) atoms. The monoisotopic (exact) mass is 327 g/mol. The van der Waals surface area contributed by atoms with Crippen molar-refractivity contribution < 1.29 is 12.8 Å². The minimum Gasteiger partial charge on any atom is -0.322 e. The molecule has 0 bridgehead atoms. The van der Waals surface area contributed by atoms with E-state index in [0.29, 0.717) is 18.4 Å². The molecule has 0 radical (unpaired) electrons. The number of hydrogen-bond acceptors (Lipinski definition) is 3. The van der Waals surface area contributed by atoms with Gasteiger partial charge in [-0.2, -0.15) is 0 Å². The van der Waals surface area contributed by atoms with Crippen LogP contribution in [0.15, 0.2) is 12.1 Å². The fraction of sp³-hybridized carbons (Fsp3) is 0.500. The Bertz CT molecular complexity index is 573. The number of sulfone groups is 1. The van der Waals surface area contributed by atoms with Crippen molar-refractivity contribution in [2.24, 2.45) is 5.73 Å². The Balaban J connectivity index is 2.91. The maximum absolute atomic E-state index is 13.5. The summed E-state index contributed by atoms with van der Waals surface area (Å²) in [5.74, 6) is -0.561. The van der Waals surface area contributed by atoms with E-state index in [4.69, 9.17) is 28.9 Å². The second kappa shape index (κ2) is 5.95. The van der Waals surface area contributed by atoms with Gasteiger partial charge in [-0.25, -0.2) is 12.8 Å². The van der Waals surface area contributed by atoms with E-state index in [1.165, 1.54) is 12.1 Å². The van der Waals surface area contributed by atoms with E-state index in [0.717, 1.165) is 6.26 Å². The third kappa shape index (κ3) is 4.91. The summed E-state index contributed by atoms with van der Waals surface area (Å²) < 4.78 is 35.6. The van der Waals surface area contributed by atoms with Crippen molar-refractivity contribution >= 4 is 33.0 Å². The quantitative estimate of drug-likeness (QED) is 0.845.